The number of alkyl halides is 2. The van der Waals surface area contributed by atoms with Crippen molar-refractivity contribution in [2.45, 2.75) is 43.8 Å². The molecule has 3 N–H and O–H groups in total. The van der Waals surface area contributed by atoms with E-state index in [1.165, 1.54) is 4.90 Å². The quantitative estimate of drug-likeness (QED) is 0.691. The van der Waals surface area contributed by atoms with E-state index in [2.05, 4.69) is 10.3 Å². The van der Waals surface area contributed by atoms with E-state index in [0.717, 1.165) is 18.2 Å². The summed E-state index contributed by atoms with van der Waals surface area (Å²) in [5, 5.41) is 13.8. The number of ether oxygens (including phenoxy) is 1. The lowest BCUT2D eigenvalue weighted by Gasteiger charge is -2.26. The van der Waals surface area contributed by atoms with Gasteiger partial charge in [-0.3, -0.25) is 9.59 Å². The van der Waals surface area contributed by atoms with Crippen LogP contribution < -0.4 is 10.1 Å². The Bertz CT molecular complexity index is 955. The Balaban J connectivity index is 1.50. The second-order valence-corrected chi connectivity index (χ2v) is 8.16. The first-order valence-corrected chi connectivity index (χ1v) is 10.1. The maximum absolute atomic E-state index is 13.6. The van der Waals surface area contributed by atoms with E-state index in [9.17, 15) is 23.5 Å². The molecule has 2 aromatic rings. The molecular formula is C21H25F2N3O4. The highest BCUT2D eigenvalue weighted by molar-refractivity contribution is 5.98. The molecule has 2 fully saturated rings. The van der Waals surface area contributed by atoms with Crippen LogP contribution in [0.2, 0.25) is 0 Å². The molecule has 2 heterocycles. The third-order valence-electron chi connectivity index (χ3n) is 6.21. The Morgan fingerprint density at radius 3 is 2.67 bits per heavy atom. The number of likely N-dealkylation sites (tertiary alicyclic amines) is 1. The van der Waals surface area contributed by atoms with Crippen LogP contribution in [0.1, 0.15) is 36.2 Å². The molecule has 2 atom stereocenters. The highest BCUT2D eigenvalue weighted by Crippen LogP contribution is 2.31. The zero-order chi connectivity index (χ0) is 21.5. The van der Waals surface area contributed by atoms with Crippen molar-refractivity contribution in [2.75, 3.05) is 20.2 Å². The van der Waals surface area contributed by atoms with Crippen molar-refractivity contribution in [2.24, 2.45) is 5.92 Å². The number of methoxy groups -OCH3 is 1. The summed E-state index contributed by atoms with van der Waals surface area (Å²) in [6.07, 6.45) is -0.595. The maximum Gasteiger partial charge on any atom is 0.270 e. The Morgan fingerprint density at radius 2 is 2.00 bits per heavy atom. The molecule has 0 radical (unpaired) electrons. The molecule has 9 heteroatoms. The van der Waals surface area contributed by atoms with Crippen molar-refractivity contribution in [3.63, 3.8) is 0 Å². The lowest BCUT2D eigenvalue weighted by atomic mass is 9.98. The van der Waals surface area contributed by atoms with Crippen LogP contribution in [0.5, 0.6) is 5.75 Å². The molecule has 1 aliphatic carbocycles. The number of aromatic nitrogens is 1. The molecule has 1 aromatic carbocycles. The summed E-state index contributed by atoms with van der Waals surface area (Å²) < 4.78 is 32.4. The largest absolute Gasteiger partial charge is 0.497 e. The lowest BCUT2D eigenvalue weighted by molar-refractivity contribution is -0.140. The summed E-state index contributed by atoms with van der Waals surface area (Å²) in [5.74, 6) is -1.59. The van der Waals surface area contributed by atoms with Gasteiger partial charge in [0.05, 0.1) is 19.1 Å². The highest BCUT2D eigenvalue weighted by Gasteiger charge is 2.45. The van der Waals surface area contributed by atoms with Gasteiger partial charge in [-0.1, -0.05) is 0 Å². The molecule has 4 rings (SSSR count). The van der Waals surface area contributed by atoms with Gasteiger partial charge < -0.3 is 25.0 Å². The second kappa shape index (κ2) is 7.86. The molecule has 7 nitrogen and oxygen atoms in total. The molecule has 2 amide bonds. The number of halogens is 2. The molecule has 1 aliphatic heterocycles. The number of nitrogens with zero attached hydrogens (tertiary/aromatic N) is 1. The summed E-state index contributed by atoms with van der Waals surface area (Å²) in [6, 6.07) is 6.09. The monoisotopic (exact) mass is 421 g/mol. The molecule has 0 spiro atoms. The number of fused-ring (bicyclic) bond motifs is 1. The number of nitrogens with one attached hydrogen (secondary N) is 2. The van der Waals surface area contributed by atoms with Gasteiger partial charge in [0, 0.05) is 30.1 Å². The van der Waals surface area contributed by atoms with Crippen LogP contribution in [0.15, 0.2) is 24.3 Å². The second-order valence-electron chi connectivity index (χ2n) is 8.16. The number of aromatic amines is 1. The average molecular weight is 421 g/mol. The number of aliphatic hydroxyl groups is 1. The van der Waals surface area contributed by atoms with Crippen molar-refractivity contribution < 1.29 is 28.2 Å². The summed E-state index contributed by atoms with van der Waals surface area (Å²) in [5.41, 5.74) is -0.511. The number of H-pyrrole nitrogens is 1. The van der Waals surface area contributed by atoms with Crippen LogP contribution in [0.4, 0.5) is 8.78 Å². The van der Waals surface area contributed by atoms with Gasteiger partial charge in [0.25, 0.3) is 11.8 Å². The maximum atomic E-state index is 13.6. The summed E-state index contributed by atoms with van der Waals surface area (Å²) in [6.45, 7) is -0.201. The first-order chi connectivity index (χ1) is 14.3. The van der Waals surface area contributed by atoms with E-state index in [-0.39, 0.29) is 18.8 Å². The van der Waals surface area contributed by atoms with E-state index in [1.807, 2.05) is 0 Å². The molecule has 162 valence electrons. The van der Waals surface area contributed by atoms with Crippen LogP contribution >= 0.6 is 0 Å². The third-order valence-corrected chi connectivity index (χ3v) is 6.21. The standard InChI is InChI=1S/C21H25F2N3O4/c1-30-13-5-4-12-8-16(24-15(12)9-13)19(27)26-10-14(18(22)23)17(11-26)25-20(28)21(29)6-2-3-7-21/h4-5,8-9,14,17-18,24,29H,2-3,6-7,10-11H2,1H3,(H,25,28)/t14-,17-/m1/s1. The van der Waals surface area contributed by atoms with Crippen molar-refractivity contribution in [3.8, 4) is 5.75 Å². The number of hydrogen-bond acceptors (Lipinski definition) is 4. The van der Waals surface area contributed by atoms with E-state index >= 15 is 0 Å². The fraction of sp³-hybridized carbons (Fsp3) is 0.524. The first-order valence-electron chi connectivity index (χ1n) is 10.1. The molecule has 0 unspecified atom stereocenters. The predicted octanol–water partition coefficient (Wildman–Crippen LogP) is 2.30. The van der Waals surface area contributed by atoms with Crippen LogP contribution in [0, 0.1) is 5.92 Å². The van der Waals surface area contributed by atoms with E-state index in [4.69, 9.17) is 4.74 Å². The highest BCUT2D eigenvalue weighted by atomic mass is 19.3. The molecular weight excluding hydrogens is 396 g/mol. The number of amides is 2. The van der Waals surface area contributed by atoms with Gasteiger partial charge in [-0.05, 0) is 43.9 Å². The molecule has 1 saturated carbocycles. The lowest BCUT2D eigenvalue weighted by Crippen LogP contribution is -2.52. The van der Waals surface area contributed by atoms with E-state index in [0.29, 0.717) is 24.1 Å². The van der Waals surface area contributed by atoms with Crippen LogP contribution in [-0.4, -0.2) is 65.1 Å². The molecule has 1 aromatic heterocycles. The van der Waals surface area contributed by atoms with Crippen LogP contribution in [0.3, 0.4) is 0 Å². The molecule has 2 aliphatic rings. The van der Waals surface area contributed by atoms with Crippen molar-refractivity contribution in [3.05, 3.63) is 30.0 Å². The van der Waals surface area contributed by atoms with Gasteiger partial charge in [0.1, 0.15) is 17.0 Å². The molecule has 1 saturated heterocycles. The van der Waals surface area contributed by atoms with Gasteiger partial charge in [0.2, 0.25) is 6.43 Å². The van der Waals surface area contributed by atoms with Gasteiger partial charge in [-0.25, -0.2) is 8.78 Å². The SMILES string of the molecule is COc1ccc2cc(C(=O)N3C[C@@H](NC(=O)C4(O)CCCC4)[C@H](C(F)F)C3)[nH]c2c1. The topological polar surface area (TPSA) is 94.7 Å². The minimum Gasteiger partial charge on any atom is -0.497 e. The minimum absolute atomic E-state index is 0.0334. The first kappa shape index (κ1) is 20.6. The fourth-order valence-electron chi connectivity index (χ4n) is 4.41. The summed E-state index contributed by atoms with van der Waals surface area (Å²) in [7, 11) is 1.54. The summed E-state index contributed by atoms with van der Waals surface area (Å²) >= 11 is 0. The van der Waals surface area contributed by atoms with Crippen LogP contribution in [0.25, 0.3) is 10.9 Å². The predicted molar refractivity (Wildman–Crippen MR) is 106 cm³/mol. The molecule has 30 heavy (non-hydrogen) atoms. The van der Waals surface area contributed by atoms with Gasteiger partial charge in [-0.2, -0.15) is 0 Å². The number of rotatable bonds is 5. The van der Waals surface area contributed by atoms with E-state index < -0.39 is 35.8 Å². The number of benzene rings is 1. The zero-order valence-electron chi connectivity index (χ0n) is 16.7. The smallest absolute Gasteiger partial charge is 0.270 e. The number of hydrogen-bond donors (Lipinski definition) is 3. The normalized spacial score (nSPS) is 23.3. The average Bonchev–Trinajstić information content (AvgIpc) is 3.45. The summed E-state index contributed by atoms with van der Waals surface area (Å²) in [4.78, 5) is 29.8. The van der Waals surface area contributed by atoms with Crippen molar-refractivity contribution in [1.82, 2.24) is 15.2 Å². The van der Waals surface area contributed by atoms with Gasteiger partial charge >= 0.3 is 0 Å². The Hall–Kier alpha value is -2.68. The number of carbonyl (C=O) groups is 2. The minimum atomic E-state index is -2.70. The van der Waals surface area contributed by atoms with Crippen molar-refractivity contribution in [1.29, 1.82) is 0 Å². The fourth-order valence-corrected chi connectivity index (χ4v) is 4.41. The molecule has 0 bridgehead atoms. The third kappa shape index (κ3) is 3.74. The van der Waals surface area contributed by atoms with Gasteiger partial charge in [0.15, 0.2) is 0 Å². The zero-order valence-corrected chi connectivity index (χ0v) is 16.7. The Labute approximate surface area is 172 Å². The van der Waals surface area contributed by atoms with E-state index in [1.54, 1.807) is 31.4 Å². The Morgan fingerprint density at radius 1 is 1.27 bits per heavy atom. The van der Waals surface area contributed by atoms with Crippen LogP contribution in [-0.2, 0) is 4.79 Å². The van der Waals surface area contributed by atoms with Crippen molar-refractivity contribution >= 4 is 22.7 Å². The number of carbonyl (C=O) groups excluding carboxylic acids is 2. The Kier molecular flexibility index (Phi) is 5.40. The van der Waals surface area contributed by atoms with Gasteiger partial charge in [-0.15, -0.1) is 0 Å².